The molecule has 1 aromatic carbocycles. The van der Waals surface area contributed by atoms with Gasteiger partial charge in [-0.15, -0.1) is 0 Å². The zero-order valence-corrected chi connectivity index (χ0v) is 10.00. The van der Waals surface area contributed by atoms with E-state index in [0.717, 1.165) is 24.3 Å². The van der Waals surface area contributed by atoms with Gasteiger partial charge in [-0.1, -0.05) is 12.1 Å². The first kappa shape index (κ1) is 9.64. The normalized spacial score (nSPS) is 32.7. The van der Waals surface area contributed by atoms with E-state index in [9.17, 15) is 0 Å². The molecule has 0 spiro atoms. The van der Waals surface area contributed by atoms with Crippen molar-refractivity contribution >= 4 is 16.4 Å². The molecule has 0 saturated carbocycles. The molecule has 3 bridgehead atoms. The molecule has 0 saturated heterocycles. The van der Waals surface area contributed by atoms with Crippen molar-refractivity contribution in [2.45, 2.75) is 18.5 Å². The molecule has 0 fully saturated rings. The second kappa shape index (κ2) is 3.10. The van der Waals surface area contributed by atoms with Crippen LogP contribution in [0.2, 0.25) is 0 Å². The average molecular weight is 247 g/mol. The van der Waals surface area contributed by atoms with E-state index >= 15 is 0 Å². The number of hydrogen-bond donors (Lipinski definition) is 3. The summed E-state index contributed by atoms with van der Waals surface area (Å²) in [6, 6.07) is 4.24. The highest BCUT2D eigenvalue weighted by molar-refractivity contribution is 7.89. The molecule has 17 heavy (non-hydrogen) atoms. The van der Waals surface area contributed by atoms with Gasteiger partial charge in [0.1, 0.15) is 5.37 Å². The van der Waals surface area contributed by atoms with Gasteiger partial charge < -0.3 is 5.73 Å². The molecule has 0 amide bonds. The Labute approximate surface area is 102 Å². The number of fused-ring (bicyclic) bond motifs is 4. The lowest BCUT2D eigenvalue weighted by Gasteiger charge is -2.32. The van der Waals surface area contributed by atoms with E-state index in [4.69, 9.17) is 10.5 Å². The molecule has 5 nitrogen and oxygen atoms in total. The van der Waals surface area contributed by atoms with Crippen molar-refractivity contribution in [3.63, 3.8) is 0 Å². The number of hydrazine groups is 2. The van der Waals surface area contributed by atoms with Gasteiger partial charge in [-0.2, -0.15) is 5.53 Å². The molecule has 3 unspecified atom stereocenters. The standard InChI is InChI=1S/C11H13N5S/c12-10-8-2-1-7-5-15(6-9(7)10)14-16-3-4-17(13)11(8)16/h1-4,11,13-14H,5-6,12H2. The summed E-state index contributed by atoms with van der Waals surface area (Å²) in [6.45, 7) is 1.72. The van der Waals surface area contributed by atoms with Crippen LogP contribution in [0.5, 0.6) is 0 Å². The maximum atomic E-state index is 8.12. The Morgan fingerprint density at radius 2 is 2.29 bits per heavy atom. The summed E-state index contributed by atoms with van der Waals surface area (Å²) in [5, 5.41) is 6.09. The molecule has 0 aliphatic carbocycles. The lowest BCUT2D eigenvalue weighted by Crippen LogP contribution is -2.46. The second-order valence-corrected chi connectivity index (χ2v) is 6.04. The van der Waals surface area contributed by atoms with Gasteiger partial charge in [0.2, 0.25) is 0 Å². The van der Waals surface area contributed by atoms with Gasteiger partial charge in [0, 0.05) is 35.9 Å². The van der Waals surface area contributed by atoms with E-state index in [2.05, 4.69) is 22.7 Å². The van der Waals surface area contributed by atoms with E-state index < -0.39 is 10.7 Å². The third kappa shape index (κ3) is 1.17. The Morgan fingerprint density at radius 3 is 3.18 bits per heavy atom. The van der Waals surface area contributed by atoms with Crippen molar-refractivity contribution < 1.29 is 0 Å². The number of nitrogens with one attached hydrogen (secondary N) is 2. The minimum absolute atomic E-state index is 0.0173. The first-order chi connectivity index (χ1) is 8.24. The van der Waals surface area contributed by atoms with Crippen LogP contribution in [0.1, 0.15) is 22.1 Å². The van der Waals surface area contributed by atoms with Crippen LogP contribution in [-0.2, 0) is 23.8 Å². The van der Waals surface area contributed by atoms with Crippen molar-refractivity contribution in [2.75, 3.05) is 5.73 Å². The topological polar surface area (TPSA) is 68.4 Å². The third-order valence-corrected chi connectivity index (χ3v) is 4.96. The highest BCUT2D eigenvalue weighted by Gasteiger charge is 2.35. The predicted molar refractivity (Wildman–Crippen MR) is 67.0 cm³/mol. The molecule has 3 aliphatic rings. The Bertz CT molecular complexity index is 567. The fourth-order valence-electron chi connectivity index (χ4n) is 2.74. The molecule has 0 aromatic heterocycles. The summed E-state index contributed by atoms with van der Waals surface area (Å²) in [6.07, 6.45) is 1.95. The molecular formula is C11H13N5S. The van der Waals surface area contributed by atoms with E-state index in [-0.39, 0.29) is 5.37 Å². The van der Waals surface area contributed by atoms with Crippen molar-refractivity contribution in [1.82, 2.24) is 15.6 Å². The number of nitrogens with two attached hydrogens (primary N) is 1. The van der Waals surface area contributed by atoms with E-state index in [1.807, 2.05) is 16.6 Å². The average Bonchev–Trinajstić information content (AvgIpc) is 2.87. The summed E-state index contributed by atoms with van der Waals surface area (Å²) in [5.74, 6) is 0. The predicted octanol–water partition coefficient (Wildman–Crippen LogP) is 1.18. The fraction of sp³-hybridized carbons (Fsp3) is 0.273. The Morgan fingerprint density at radius 1 is 1.41 bits per heavy atom. The SMILES string of the molecule is N=S1C=CN2NN3Cc4ccc(c(N)c4C3)C21. The van der Waals surface area contributed by atoms with Crippen LogP contribution >= 0.6 is 0 Å². The van der Waals surface area contributed by atoms with Crippen LogP contribution < -0.4 is 11.3 Å². The lowest BCUT2D eigenvalue weighted by atomic mass is 10.0. The van der Waals surface area contributed by atoms with Gasteiger partial charge in [0.25, 0.3) is 0 Å². The zero-order chi connectivity index (χ0) is 11.6. The smallest absolute Gasteiger partial charge is 0.132 e. The minimum Gasteiger partial charge on any atom is -0.398 e. The monoisotopic (exact) mass is 247 g/mol. The highest BCUT2D eigenvalue weighted by atomic mass is 32.2. The van der Waals surface area contributed by atoms with Gasteiger partial charge >= 0.3 is 0 Å². The maximum absolute atomic E-state index is 8.12. The Hall–Kier alpha value is -1.37. The zero-order valence-electron chi connectivity index (χ0n) is 9.18. The summed E-state index contributed by atoms with van der Waals surface area (Å²) in [4.78, 5) is 0. The van der Waals surface area contributed by atoms with Crippen molar-refractivity contribution in [1.29, 1.82) is 4.78 Å². The third-order valence-electron chi connectivity index (χ3n) is 3.58. The molecule has 3 aliphatic heterocycles. The van der Waals surface area contributed by atoms with Crippen molar-refractivity contribution in [3.8, 4) is 0 Å². The van der Waals surface area contributed by atoms with E-state index in [1.165, 1.54) is 11.1 Å². The van der Waals surface area contributed by atoms with Crippen LogP contribution in [0.4, 0.5) is 5.69 Å². The van der Waals surface area contributed by atoms with Crippen LogP contribution in [0.15, 0.2) is 23.7 Å². The van der Waals surface area contributed by atoms with E-state index in [1.54, 1.807) is 0 Å². The van der Waals surface area contributed by atoms with Gasteiger partial charge in [-0.05, 0) is 21.8 Å². The van der Waals surface area contributed by atoms with Gasteiger partial charge in [0.05, 0.1) is 0 Å². The number of anilines is 1. The van der Waals surface area contributed by atoms with Crippen molar-refractivity contribution in [2.24, 2.45) is 0 Å². The van der Waals surface area contributed by atoms with Crippen LogP contribution in [0.25, 0.3) is 0 Å². The summed E-state index contributed by atoms with van der Waals surface area (Å²) >= 11 is 0. The van der Waals surface area contributed by atoms with Crippen LogP contribution in [-0.4, -0.2) is 10.0 Å². The van der Waals surface area contributed by atoms with Crippen LogP contribution in [0, 0.1) is 4.78 Å². The quantitative estimate of drug-likeness (QED) is 0.602. The minimum atomic E-state index is -0.542. The number of hydrogen-bond acceptors (Lipinski definition) is 5. The molecular weight excluding hydrogens is 234 g/mol. The van der Waals surface area contributed by atoms with E-state index in [0.29, 0.717) is 0 Å². The number of rotatable bonds is 0. The Kier molecular flexibility index (Phi) is 1.76. The van der Waals surface area contributed by atoms with Gasteiger partial charge in [-0.3, -0.25) is 9.79 Å². The van der Waals surface area contributed by atoms with Gasteiger partial charge in [-0.25, -0.2) is 5.01 Å². The Balaban J connectivity index is 1.98. The second-order valence-electron chi connectivity index (χ2n) is 4.58. The number of nitrogen functional groups attached to an aromatic ring is 1. The maximum Gasteiger partial charge on any atom is 0.132 e. The molecule has 4 N–H and O–H groups in total. The fourth-order valence-corrected chi connectivity index (χ4v) is 4.00. The number of nitrogens with zero attached hydrogens (tertiary/aromatic N) is 2. The molecule has 3 atom stereocenters. The highest BCUT2D eigenvalue weighted by Crippen LogP contribution is 2.40. The largest absolute Gasteiger partial charge is 0.398 e. The molecule has 88 valence electrons. The first-order valence-electron chi connectivity index (χ1n) is 5.55. The molecule has 1 aromatic rings. The summed E-state index contributed by atoms with van der Waals surface area (Å²) in [5.41, 5.74) is 14.1. The number of benzene rings is 1. The van der Waals surface area contributed by atoms with Gasteiger partial charge in [0.15, 0.2) is 0 Å². The molecule has 6 heteroatoms. The molecule has 3 heterocycles. The first-order valence-corrected chi connectivity index (χ1v) is 6.90. The van der Waals surface area contributed by atoms with Crippen LogP contribution in [0.3, 0.4) is 0 Å². The summed E-state index contributed by atoms with van der Waals surface area (Å²) < 4.78 is 8.12. The molecule has 0 radical (unpaired) electrons. The molecule has 4 rings (SSSR count). The lowest BCUT2D eigenvalue weighted by molar-refractivity contribution is 0.0479. The summed E-state index contributed by atoms with van der Waals surface area (Å²) in [7, 11) is -0.542. The van der Waals surface area contributed by atoms with Crippen molar-refractivity contribution in [3.05, 3.63) is 40.4 Å².